The highest BCUT2D eigenvalue weighted by Crippen LogP contribution is 2.21. The molecule has 0 aromatic heterocycles. The molecule has 2 aromatic carbocycles. The number of primary amides is 1. The molecule has 1 aliphatic rings. The average Bonchev–Trinajstić information content (AvgIpc) is 2.63. The van der Waals surface area contributed by atoms with Crippen molar-refractivity contribution in [2.45, 2.75) is 6.42 Å². The molecular weight excluding hydrogens is 337 g/mol. The SMILES string of the molecule is NC(=O)Cc1ccc(NC(=O)c2cc(F)cc(N3CCOCC3)c2)cc1. The van der Waals surface area contributed by atoms with Gasteiger partial charge in [-0.3, -0.25) is 9.59 Å². The molecule has 0 unspecified atom stereocenters. The van der Waals surface area contributed by atoms with Crippen molar-refractivity contribution in [2.24, 2.45) is 5.73 Å². The lowest BCUT2D eigenvalue weighted by molar-refractivity contribution is -0.117. The Kier molecular flexibility index (Phi) is 5.48. The highest BCUT2D eigenvalue weighted by molar-refractivity contribution is 6.04. The fraction of sp³-hybridized carbons (Fsp3) is 0.263. The van der Waals surface area contributed by atoms with Gasteiger partial charge < -0.3 is 20.7 Å². The molecule has 7 heteroatoms. The van der Waals surface area contributed by atoms with Crippen molar-refractivity contribution in [2.75, 3.05) is 36.5 Å². The second kappa shape index (κ2) is 7.97. The number of hydrogen-bond acceptors (Lipinski definition) is 4. The molecule has 3 N–H and O–H groups in total. The number of benzene rings is 2. The average molecular weight is 357 g/mol. The third-order valence-electron chi connectivity index (χ3n) is 4.11. The molecule has 26 heavy (non-hydrogen) atoms. The Balaban J connectivity index is 1.72. The third kappa shape index (κ3) is 4.58. The lowest BCUT2D eigenvalue weighted by atomic mass is 10.1. The highest BCUT2D eigenvalue weighted by atomic mass is 19.1. The molecule has 1 aliphatic heterocycles. The Morgan fingerprint density at radius 2 is 1.81 bits per heavy atom. The summed E-state index contributed by atoms with van der Waals surface area (Å²) in [6.07, 6.45) is 0.140. The minimum absolute atomic E-state index is 0.140. The first kappa shape index (κ1) is 17.9. The summed E-state index contributed by atoms with van der Waals surface area (Å²) < 4.78 is 19.3. The number of amides is 2. The lowest BCUT2D eigenvalue weighted by Crippen LogP contribution is -2.36. The van der Waals surface area contributed by atoms with Crippen LogP contribution in [0.4, 0.5) is 15.8 Å². The van der Waals surface area contributed by atoms with Gasteiger partial charge in [-0.05, 0) is 35.9 Å². The van der Waals surface area contributed by atoms with Crippen molar-refractivity contribution >= 4 is 23.2 Å². The first-order valence-electron chi connectivity index (χ1n) is 8.33. The van der Waals surface area contributed by atoms with Crippen LogP contribution >= 0.6 is 0 Å². The van der Waals surface area contributed by atoms with Crippen molar-refractivity contribution in [3.05, 3.63) is 59.4 Å². The zero-order chi connectivity index (χ0) is 18.5. The number of carbonyl (C=O) groups excluding carboxylic acids is 2. The Hall–Kier alpha value is -2.93. The third-order valence-corrected chi connectivity index (χ3v) is 4.11. The van der Waals surface area contributed by atoms with Crippen LogP contribution in [-0.2, 0) is 16.0 Å². The maximum atomic E-state index is 14.0. The van der Waals surface area contributed by atoms with Crippen LogP contribution in [0.2, 0.25) is 0 Å². The summed E-state index contributed by atoms with van der Waals surface area (Å²) in [6.45, 7) is 2.48. The van der Waals surface area contributed by atoms with Crippen LogP contribution < -0.4 is 16.0 Å². The summed E-state index contributed by atoms with van der Waals surface area (Å²) in [5.41, 5.74) is 7.37. The highest BCUT2D eigenvalue weighted by Gasteiger charge is 2.15. The van der Waals surface area contributed by atoms with Crippen molar-refractivity contribution < 1.29 is 18.7 Å². The molecule has 1 heterocycles. The first-order chi connectivity index (χ1) is 12.5. The topological polar surface area (TPSA) is 84.7 Å². The van der Waals surface area contributed by atoms with Crippen molar-refractivity contribution in [1.82, 2.24) is 0 Å². The molecule has 0 atom stereocenters. The summed E-state index contributed by atoms with van der Waals surface area (Å²) in [5, 5.41) is 2.73. The molecule has 0 aliphatic carbocycles. The van der Waals surface area contributed by atoms with E-state index in [4.69, 9.17) is 10.5 Å². The number of nitrogens with one attached hydrogen (secondary N) is 1. The summed E-state index contributed by atoms with van der Waals surface area (Å²) in [4.78, 5) is 25.4. The largest absolute Gasteiger partial charge is 0.378 e. The van der Waals surface area contributed by atoms with Crippen LogP contribution in [-0.4, -0.2) is 38.1 Å². The van der Waals surface area contributed by atoms with Gasteiger partial charge in [-0.2, -0.15) is 0 Å². The molecule has 1 saturated heterocycles. The molecule has 2 aromatic rings. The number of carbonyl (C=O) groups is 2. The maximum Gasteiger partial charge on any atom is 0.255 e. The van der Waals surface area contributed by atoms with Crippen LogP contribution in [0.25, 0.3) is 0 Å². The zero-order valence-electron chi connectivity index (χ0n) is 14.2. The number of morpholine rings is 1. The Morgan fingerprint density at radius 1 is 1.12 bits per heavy atom. The van der Waals surface area contributed by atoms with Gasteiger partial charge >= 0.3 is 0 Å². The van der Waals surface area contributed by atoms with Crippen molar-refractivity contribution in [3.63, 3.8) is 0 Å². The number of ether oxygens (including phenoxy) is 1. The smallest absolute Gasteiger partial charge is 0.255 e. The van der Waals surface area contributed by atoms with Crippen molar-refractivity contribution in [1.29, 1.82) is 0 Å². The van der Waals surface area contributed by atoms with Gasteiger partial charge in [-0.25, -0.2) is 4.39 Å². The van der Waals surface area contributed by atoms with Gasteiger partial charge in [0.05, 0.1) is 19.6 Å². The van der Waals surface area contributed by atoms with Crippen LogP contribution in [0.5, 0.6) is 0 Å². The van der Waals surface area contributed by atoms with Gasteiger partial charge in [0.25, 0.3) is 5.91 Å². The molecule has 6 nitrogen and oxygen atoms in total. The summed E-state index contributed by atoms with van der Waals surface area (Å²) in [5.74, 6) is -1.28. The van der Waals surface area contributed by atoms with E-state index in [1.54, 1.807) is 30.3 Å². The lowest BCUT2D eigenvalue weighted by Gasteiger charge is -2.29. The number of nitrogens with zero attached hydrogens (tertiary/aromatic N) is 1. The van der Waals surface area contributed by atoms with E-state index in [-0.39, 0.29) is 12.0 Å². The van der Waals surface area contributed by atoms with E-state index in [1.165, 1.54) is 12.1 Å². The van der Waals surface area contributed by atoms with Gasteiger partial charge in [0.15, 0.2) is 0 Å². The van der Waals surface area contributed by atoms with Crippen LogP contribution in [0.15, 0.2) is 42.5 Å². The normalized spacial score (nSPS) is 14.1. The molecule has 3 rings (SSSR count). The second-order valence-corrected chi connectivity index (χ2v) is 6.09. The second-order valence-electron chi connectivity index (χ2n) is 6.09. The van der Waals surface area contributed by atoms with E-state index in [0.717, 1.165) is 5.56 Å². The quantitative estimate of drug-likeness (QED) is 0.856. The number of rotatable bonds is 5. The number of hydrogen-bond donors (Lipinski definition) is 2. The van der Waals surface area contributed by atoms with Gasteiger partial charge in [0.1, 0.15) is 5.82 Å². The minimum Gasteiger partial charge on any atom is -0.378 e. The molecule has 0 radical (unpaired) electrons. The molecular formula is C19H20FN3O3. The Morgan fingerprint density at radius 3 is 2.46 bits per heavy atom. The summed E-state index contributed by atoms with van der Waals surface area (Å²) >= 11 is 0. The Bertz CT molecular complexity index is 802. The van der Waals surface area contributed by atoms with Gasteiger partial charge in [-0.1, -0.05) is 12.1 Å². The van der Waals surface area contributed by atoms with E-state index in [0.29, 0.717) is 37.7 Å². The van der Waals surface area contributed by atoms with E-state index < -0.39 is 17.6 Å². The maximum absolute atomic E-state index is 14.0. The fourth-order valence-corrected chi connectivity index (χ4v) is 2.82. The van der Waals surface area contributed by atoms with Crippen LogP contribution in [0, 0.1) is 5.82 Å². The first-order valence-corrected chi connectivity index (χ1v) is 8.33. The monoisotopic (exact) mass is 357 g/mol. The molecule has 1 fully saturated rings. The summed E-state index contributed by atoms with van der Waals surface area (Å²) in [7, 11) is 0. The molecule has 0 saturated carbocycles. The standard InChI is InChI=1S/C19H20FN3O3/c20-15-10-14(11-17(12-15)23-5-7-26-8-6-23)19(25)22-16-3-1-13(2-4-16)9-18(21)24/h1-4,10-12H,5-9H2,(H2,21,24)(H,22,25). The van der Waals surface area contributed by atoms with E-state index in [1.807, 2.05) is 4.90 Å². The molecule has 2 amide bonds. The summed E-state index contributed by atoms with van der Waals surface area (Å²) in [6, 6.07) is 11.1. The predicted octanol–water partition coefficient (Wildman–Crippen LogP) is 1.94. The van der Waals surface area contributed by atoms with E-state index in [9.17, 15) is 14.0 Å². The van der Waals surface area contributed by atoms with Crippen LogP contribution in [0.3, 0.4) is 0 Å². The zero-order valence-corrected chi connectivity index (χ0v) is 14.2. The van der Waals surface area contributed by atoms with Crippen LogP contribution in [0.1, 0.15) is 15.9 Å². The van der Waals surface area contributed by atoms with E-state index in [2.05, 4.69) is 5.32 Å². The molecule has 0 spiro atoms. The predicted molar refractivity (Wildman–Crippen MR) is 96.7 cm³/mol. The minimum atomic E-state index is -0.462. The fourth-order valence-electron chi connectivity index (χ4n) is 2.82. The van der Waals surface area contributed by atoms with Crippen molar-refractivity contribution in [3.8, 4) is 0 Å². The molecule has 136 valence electrons. The Labute approximate surface area is 150 Å². The number of nitrogens with two attached hydrogens (primary N) is 1. The molecule has 0 bridgehead atoms. The number of halogens is 1. The van der Waals surface area contributed by atoms with Gasteiger partial charge in [-0.15, -0.1) is 0 Å². The van der Waals surface area contributed by atoms with E-state index >= 15 is 0 Å². The van der Waals surface area contributed by atoms with Gasteiger partial charge in [0.2, 0.25) is 5.91 Å². The van der Waals surface area contributed by atoms with Gasteiger partial charge in [0, 0.05) is 30.0 Å². The number of anilines is 2.